The summed E-state index contributed by atoms with van der Waals surface area (Å²) < 4.78 is 5.52. The molecule has 0 spiro atoms. The molecule has 1 aromatic carbocycles. The van der Waals surface area contributed by atoms with Gasteiger partial charge in [0.15, 0.2) is 0 Å². The number of nitro groups is 1. The van der Waals surface area contributed by atoms with Crippen LogP contribution in [0, 0.1) is 10.1 Å². The minimum atomic E-state index is -0.372. The van der Waals surface area contributed by atoms with Gasteiger partial charge in [-0.3, -0.25) is 10.1 Å². The fourth-order valence-corrected chi connectivity index (χ4v) is 2.48. The maximum Gasteiger partial charge on any atom is 0.269 e. The van der Waals surface area contributed by atoms with Crippen molar-refractivity contribution >= 4 is 11.4 Å². The van der Waals surface area contributed by atoms with Crippen LogP contribution < -0.4 is 4.90 Å². The van der Waals surface area contributed by atoms with E-state index < -0.39 is 0 Å². The summed E-state index contributed by atoms with van der Waals surface area (Å²) in [4.78, 5) is 12.4. The number of hydrogen-bond acceptors (Lipinski definition) is 4. The quantitative estimate of drug-likeness (QED) is 0.560. The van der Waals surface area contributed by atoms with Gasteiger partial charge in [0, 0.05) is 24.4 Å². The SMILES string of the molecule is O=[N+]([O-])c1ccc(N2CC3CC2CO3)cc1. The van der Waals surface area contributed by atoms with Gasteiger partial charge in [-0.1, -0.05) is 0 Å². The lowest BCUT2D eigenvalue weighted by molar-refractivity contribution is -0.384. The average molecular weight is 220 g/mol. The Balaban J connectivity index is 1.82. The van der Waals surface area contributed by atoms with Crippen molar-refractivity contribution in [1.82, 2.24) is 0 Å². The summed E-state index contributed by atoms with van der Waals surface area (Å²) in [7, 11) is 0. The fraction of sp³-hybridized carbons (Fsp3) is 0.455. The third-order valence-electron chi connectivity index (χ3n) is 3.29. The Kier molecular flexibility index (Phi) is 2.07. The first-order valence-electron chi connectivity index (χ1n) is 5.37. The van der Waals surface area contributed by atoms with E-state index in [-0.39, 0.29) is 10.6 Å². The lowest BCUT2D eigenvalue weighted by atomic mass is 10.2. The molecule has 2 aliphatic rings. The van der Waals surface area contributed by atoms with Gasteiger partial charge in [0.1, 0.15) is 0 Å². The van der Waals surface area contributed by atoms with E-state index in [1.54, 1.807) is 12.1 Å². The van der Waals surface area contributed by atoms with Crippen LogP contribution in [-0.2, 0) is 4.74 Å². The molecular formula is C11H12N2O3. The van der Waals surface area contributed by atoms with Crippen molar-refractivity contribution in [2.45, 2.75) is 18.6 Å². The molecule has 2 unspecified atom stereocenters. The van der Waals surface area contributed by atoms with E-state index in [1.165, 1.54) is 0 Å². The first kappa shape index (κ1) is 9.59. The van der Waals surface area contributed by atoms with Crippen molar-refractivity contribution < 1.29 is 9.66 Å². The molecule has 3 rings (SSSR count). The van der Waals surface area contributed by atoms with Gasteiger partial charge in [0.2, 0.25) is 0 Å². The normalized spacial score (nSPS) is 27.4. The predicted octanol–water partition coefficient (Wildman–Crippen LogP) is 1.57. The van der Waals surface area contributed by atoms with Crippen LogP contribution in [-0.4, -0.2) is 30.2 Å². The van der Waals surface area contributed by atoms with Crippen molar-refractivity contribution in [2.24, 2.45) is 0 Å². The summed E-state index contributed by atoms with van der Waals surface area (Å²) in [6.45, 7) is 1.68. The van der Waals surface area contributed by atoms with Gasteiger partial charge in [-0.15, -0.1) is 0 Å². The Bertz CT molecular complexity index is 418. The van der Waals surface area contributed by atoms with Crippen LogP contribution in [0.15, 0.2) is 24.3 Å². The highest BCUT2D eigenvalue weighted by Crippen LogP contribution is 2.32. The second-order valence-electron chi connectivity index (χ2n) is 4.27. The molecular weight excluding hydrogens is 208 g/mol. The Labute approximate surface area is 92.8 Å². The zero-order valence-corrected chi connectivity index (χ0v) is 8.70. The molecule has 2 atom stereocenters. The summed E-state index contributed by atoms with van der Waals surface area (Å²) in [6, 6.07) is 7.20. The van der Waals surface area contributed by atoms with Crippen LogP contribution >= 0.6 is 0 Å². The third kappa shape index (κ3) is 1.44. The van der Waals surface area contributed by atoms with E-state index in [9.17, 15) is 10.1 Å². The number of nitro benzene ring substituents is 1. The molecule has 0 aliphatic carbocycles. The zero-order valence-electron chi connectivity index (χ0n) is 8.70. The van der Waals surface area contributed by atoms with Crippen molar-refractivity contribution in [3.63, 3.8) is 0 Å². The van der Waals surface area contributed by atoms with Gasteiger partial charge in [-0.2, -0.15) is 0 Å². The van der Waals surface area contributed by atoms with E-state index in [0.29, 0.717) is 12.1 Å². The molecule has 2 fully saturated rings. The molecule has 2 heterocycles. The number of benzene rings is 1. The highest BCUT2D eigenvalue weighted by Gasteiger charge is 2.38. The number of hydrogen-bond donors (Lipinski definition) is 0. The first-order chi connectivity index (χ1) is 7.74. The van der Waals surface area contributed by atoms with Crippen LogP contribution in [0.3, 0.4) is 0 Å². The van der Waals surface area contributed by atoms with Crippen LogP contribution in [0.2, 0.25) is 0 Å². The van der Waals surface area contributed by atoms with Gasteiger partial charge in [0.05, 0.1) is 23.7 Å². The molecule has 5 heteroatoms. The molecule has 0 radical (unpaired) electrons. The van der Waals surface area contributed by atoms with E-state index in [4.69, 9.17) is 4.74 Å². The van der Waals surface area contributed by atoms with Crippen molar-refractivity contribution in [2.75, 3.05) is 18.1 Å². The van der Waals surface area contributed by atoms with Gasteiger partial charge < -0.3 is 9.64 Å². The Hall–Kier alpha value is -1.62. The van der Waals surface area contributed by atoms with Crippen LogP contribution in [0.5, 0.6) is 0 Å². The van der Waals surface area contributed by atoms with E-state index in [2.05, 4.69) is 4.90 Å². The maximum absolute atomic E-state index is 10.5. The molecule has 0 N–H and O–H groups in total. The second kappa shape index (κ2) is 3.45. The highest BCUT2D eigenvalue weighted by atomic mass is 16.6. The number of nitrogens with zero attached hydrogens (tertiary/aromatic N) is 2. The van der Waals surface area contributed by atoms with E-state index in [1.807, 2.05) is 12.1 Å². The fourth-order valence-electron chi connectivity index (χ4n) is 2.48. The van der Waals surface area contributed by atoms with Crippen LogP contribution in [0.25, 0.3) is 0 Å². The number of fused-ring (bicyclic) bond motifs is 2. The van der Waals surface area contributed by atoms with Gasteiger partial charge in [-0.25, -0.2) is 0 Å². The number of non-ortho nitro benzene ring substituents is 1. The van der Waals surface area contributed by atoms with Crippen molar-refractivity contribution in [3.05, 3.63) is 34.4 Å². The molecule has 1 aromatic rings. The predicted molar refractivity (Wildman–Crippen MR) is 58.6 cm³/mol. The minimum absolute atomic E-state index is 0.143. The van der Waals surface area contributed by atoms with Crippen LogP contribution in [0.4, 0.5) is 11.4 Å². The maximum atomic E-state index is 10.5. The Morgan fingerprint density at radius 3 is 2.62 bits per heavy atom. The highest BCUT2D eigenvalue weighted by molar-refractivity contribution is 5.53. The first-order valence-corrected chi connectivity index (χ1v) is 5.37. The standard InChI is InChI=1S/C11H12N2O3/c14-13(15)9-3-1-8(2-4-9)12-6-11-5-10(12)7-16-11/h1-4,10-11H,5-7H2. The summed E-state index contributed by atoms with van der Waals surface area (Å²) in [5, 5.41) is 10.5. The Morgan fingerprint density at radius 2 is 2.12 bits per heavy atom. The molecule has 16 heavy (non-hydrogen) atoms. The summed E-state index contributed by atoms with van der Waals surface area (Å²) in [6.07, 6.45) is 1.43. The topological polar surface area (TPSA) is 55.6 Å². The monoisotopic (exact) mass is 220 g/mol. The molecule has 0 aromatic heterocycles. The minimum Gasteiger partial charge on any atom is -0.374 e. The number of anilines is 1. The summed E-state index contributed by atoms with van der Waals surface area (Å²) in [5.74, 6) is 0. The Morgan fingerprint density at radius 1 is 1.38 bits per heavy atom. The summed E-state index contributed by atoms with van der Waals surface area (Å²) in [5.41, 5.74) is 1.20. The molecule has 2 saturated heterocycles. The number of ether oxygens (including phenoxy) is 1. The smallest absolute Gasteiger partial charge is 0.269 e. The lowest BCUT2D eigenvalue weighted by Crippen LogP contribution is -2.36. The molecule has 84 valence electrons. The third-order valence-corrected chi connectivity index (χ3v) is 3.29. The largest absolute Gasteiger partial charge is 0.374 e. The number of morpholine rings is 1. The molecule has 0 amide bonds. The van der Waals surface area contributed by atoms with E-state index >= 15 is 0 Å². The summed E-state index contributed by atoms with van der Waals surface area (Å²) >= 11 is 0. The van der Waals surface area contributed by atoms with Gasteiger partial charge >= 0.3 is 0 Å². The average Bonchev–Trinajstić information content (AvgIpc) is 2.91. The molecule has 2 bridgehead atoms. The molecule has 2 aliphatic heterocycles. The van der Waals surface area contributed by atoms with Crippen molar-refractivity contribution in [3.8, 4) is 0 Å². The van der Waals surface area contributed by atoms with Gasteiger partial charge in [-0.05, 0) is 18.6 Å². The lowest BCUT2D eigenvalue weighted by Gasteiger charge is -2.28. The second-order valence-corrected chi connectivity index (χ2v) is 4.27. The van der Waals surface area contributed by atoms with E-state index in [0.717, 1.165) is 25.3 Å². The molecule has 0 saturated carbocycles. The van der Waals surface area contributed by atoms with Gasteiger partial charge in [0.25, 0.3) is 5.69 Å². The van der Waals surface area contributed by atoms with Crippen molar-refractivity contribution in [1.29, 1.82) is 0 Å². The van der Waals surface area contributed by atoms with Crippen LogP contribution in [0.1, 0.15) is 6.42 Å². The number of rotatable bonds is 2. The zero-order chi connectivity index (χ0) is 11.1. The molecule has 5 nitrogen and oxygen atoms in total.